The molecular weight excluding hydrogens is 172 g/mol. The molecule has 0 amide bonds. The van der Waals surface area contributed by atoms with Crippen LogP contribution in [0.3, 0.4) is 0 Å². The highest BCUT2D eigenvalue weighted by Gasteiger charge is 1.95. The van der Waals surface area contributed by atoms with Gasteiger partial charge in [0, 0.05) is 10.4 Å². The van der Waals surface area contributed by atoms with E-state index in [1.807, 2.05) is 6.92 Å². The Morgan fingerprint density at radius 1 is 1.21 bits per heavy atom. The summed E-state index contributed by atoms with van der Waals surface area (Å²) in [5.74, 6) is 0. The largest absolute Gasteiger partial charge is 0.456 e. The lowest BCUT2D eigenvalue weighted by Gasteiger charge is -1.83. The van der Waals surface area contributed by atoms with Gasteiger partial charge in [0.25, 0.3) is 0 Å². The smallest absolute Gasteiger partial charge is 0.137 e. The molecule has 1 aromatic rings. The van der Waals surface area contributed by atoms with Gasteiger partial charge >= 0.3 is 0 Å². The summed E-state index contributed by atoms with van der Waals surface area (Å²) in [4.78, 5) is 0. The molecule has 0 N–H and O–H groups in total. The van der Waals surface area contributed by atoms with Crippen molar-refractivity contribution in [3.05, 3.63) is 46.6 Å². The first-order valence-electron chi connectivity index (χ1n) is 4.34. The molecule has 1 heteroatoms. The van der Waals surface area contributed by atoms with Crippen molar-refractivity contribution in [2.75, 3.05) is 0 Å². The topological polar surface area (TPSA) is 13.1 Å². The average Bonchev–Trinajstić information content (AvgIpc) is 2.46. The summed E-state index contributed by atoms with van der Waals surface area (Å²) < 4.78 is 5.58. The van der Waals surface area contributed by atoms with Gasteiger partial charge in [0.1, 0.15) is 10.8 Å². The molecule has 0 atom stereocenters. The van der Waals surface area contributed by atoms with Crippen molar-refractivity contribution >= 4 is 24.8 Å². The summed E-state index contributed by atoms with van der Waals surface area (Å²) in [6, 6.07) is 0. The minimum atomic E-state index is 0.709. The van der Waals surface area contributed by atoms with Crippen molar-refractivity contribution in [1.82, 2.24) is 0 Å². The monoisotopic (exact) mass is 186 g/mol. The van der Waals surface area contributed by atoms with E-state index in [0.29, 0.717) is 5.42 Å². The van der Waals surface area contributed by atoms with Gasteiger partial charge in [0.2, 0.25) is 0 Å². The van der Waals surface area contributed by atoms with Crippen LogP contribution in [0.5, 0.6) is 0 Å². The first-order chi connectivity index (χ1) is 6.61. The van der Waals surface area contributed by atoms with E-state index in [1.54, 1.807) is 18.2 Å². The van der Waals surface area contributed by atoms with Crippen LogP contribution in [0.15, 0.2) is 29.7 Å². The predicted molar refractivity (Wildman–Crippen MR) is 62.2 cm³/mol. The Labute approximate surface area is 83.4 Å². The maximum atomic E-state index is 5.58. The van der Waals surface area contributed by atoms with Crippen LogP contribution < -0.4 is 21.3 Å². The number of allylic oxidation sites excluding steroid dienone is 2. The Bertz CT molecular complexity index is 570. The highest BCUT2D eigenvalue weighted by Crippen LogP contribution is 1.85. The molecule has 0 spiro atoms. The lowest BCUT2D eigenvalue weighted by atomic mass is 10.2. The Morgan fingerprint density at radius 3 is 2.36 bits per heavy atom. The van der Waals surface area contributed by atoms with Crippen molar-refractivity contribution in [3.63, 3.8) is 0 Å². The molecule has 0 fully saturated rings. The van der Waals surface area contributed by atoms with Crippen LogP contribution in [0.4, 0.5) is 0 Å². The third kappa shape index (κ3) is 1.62. The Balaban J connectivity index is 3.88. The van der Waals surface area contributed by atoms with Crippen molar-refractivity contribution in [2.24, 2.45) is 0 Å². The second kappa shape index (κ2) is 3.97. The van der Waals surface area contributed by atoms with Crippen molar-refractivity contribution < 1.29 is 4.42 Å². The molecule has 0 radical (unpaired) electrons. The molecule has 0 aliphatic rings. The molecule has 1 nitrogen and oxygen atoms in total. The quantitative estimate of drug-likeness (QED) is 0.652. The van der Waals surface area contributed by atoms with Crippen molar-refractivity contribution in [3.8, 4) is 0 Å². The summed E-state index contributed by atoms with van der Waals surface area (Å²) in [7, 11) is 0. The number of hydrogen-bond donors (Lipinski definition) is 0. The third-order valence-electron chi connectivity index (χ3n) is 2.08. The minimum Gasteiger partial charge on any atom is -0.456 e. The van der Waals surface area contributed by atoms with E-state index < -0.39 is 0 Å². The van der Waals surface area contributed by atoms with Gasteiger partial charge in [-0.2, -0.15) is 0 Å². The molecule has 0 unspecified atom stereocenters. The van der Waals surface area contributed by atoms with Crippen LogP contribution in [0.25, 0.3) is 24.8 Å². The fraction of sp³-hybridized carbons (Fsp3) is 0.0769. The molecule has 0 saturated heterocycles. The second-order valence-corrected chi connectivity index (χ2v) is 3.04. The standard InChI is InChI=1S/C13H14O/c1-6-8-12-10(4)11(5)13(14-12)9(3)7-2/h6-8H,1-2,4-5H2,3H3/b12-8+,13-9+. The van der Waals surface area contributed by atoms with Gasteiger partial charge in [-0.15, -0.1) is 0 Å². The van der Waals surface area contributed by atoms with Crippen LogP contribution in [-0.4, -0.2) is 0 Å². The maximum Gasteiger partial charge on any atom is 0.137 e. The lowest BCUT2D eigenvalue weighted by Crippen LogP contribution is -2.35. The maximum absolute atomic E-state index is 5.58. The molecule has 1 heterocycles. The summed E-state index contributed by atoms with van der Waals surface area (Å²) in [5.41, 5.74) is 2.42. The molecule has 1 aromatic heterocycles. The Kier molecular flexibility index (Phi) is 2.92. The molecule has 0 aromatic carbocycles. The fourth-order valence-corrected chi connectivity index (χ4v) is 1.17. The summed E-state index contributed by atoms with van der Waals surface area (Å²) in [6.07, 6.45) is 5.18. The molecular formula is C13H14O. The van der Waals surface area contributed by atoms with Gasteiger partial charge in [-0.05, 0) is 18.6 Å². The SMILES string of the molecule is C=C/C=c1/o/c(=C(\C)C=C)c(=C)c1=C. The Morgan fingerprint density at radius 2 is 1.86 bits per heavy atom. The predicted octanol–water partition coefficient (Wildman–Crippen LogP) is 0.423. The van der Waals surface area contributed by atoms with Crippen LogP contribution in [0.1, 0.15) is 6.92 Å². The zero-order chi connectivity index (χ0) is 10.7. The molecule has 72 valence electrons. The highest BCUT2D eigenvalue weighted by atomic mass is 16.3. The normalized spacial score (nSPS) is 13.9. The Hall–Kier alpha value is -1.76. The van der Waals surface area contributed by atoms with Gasteiger partial charge in [-0.3, -0.25) is 0 Å². The van der Waals surface area contributed by atoms with E-state index in [4.69, 9.17) is 4.42 Å². The summed E-state index contributed by atoms with van der Waals surface area (Å²) in [6.45, 7) is 17.0. The molecule has 0 saturated carbocycles. The van der Waals surface area contributed by atoms with Gasteiger partial charge in [-0.25, -0.2) is 0 Å². The second-order valence-electron chi connectivity index (χ2n) is 3.04. The van der Waals surface area contributed by atoms with Gasteiger partial charge < -0.3 is 4.42 Å². The first-order valence-corrected chi connectivity index (χ1v) is 4.34. The van der Waals surface area contributed by atoms with Crippen LogP contribution in [0.2, 0.25) is 0 Å². The number of rotatable bonds is 2. The van der Waals surface area contributed by atoms with Gasteiger partial charge in [0.15, 0.2) is 0 Å². The first kappa shape index (κ1) is 10.3. The highest BCUT2D eigenvalue weighted by molar-refractivity contribution is 5.51. The molecule has 0 aliphatic heterocycles. The van der Waals surface area contributed by atoms with E-state index in [9.17, 15) is 0 Å². The summed E-state index contributed by atoms with van der Waals surface area (Å²) in [5, 5.41) is 1.62. The van der Waals surface area contributed by atoms with E-state index in [1.165, 1.54) is 0 Å². The molecule has 14 heavy (non-hydrogen) atoms. The van der Waals surface area contributed by atoms with Crippen molar-refractivity contribution in [1.29, 1.82) is 0 Å². The molecule has 0 bridgehead atoms. The molecule has 1 rings (SSSR count). The van der Waals surface area contributed by atoms with Crippen LogP contribution >= 0.6 is 0 Å². The summed E-state index contributed by atoms with van der Waals surface area (Å²) >= 11 is 0. The van der Waals surface area contributed by atoms with E-state index in [0.717, 1.165) is 21.4 Å². The van der Waals surface area contributed by atoms with Crippen LogP contribution in [0, 0.1) is 0 Å². The van der Waals surface area contributed by atoms with Gasteiger partial charge in [0.05, 0.1) is 0 Å². The molecule has 0 aliphatic carbocycles. The van der Waals surface area contributed by atoms with Crippen LogP contribution in [-0.2, 0) is 0 Å². The fourth-order valence-electron chi connectivity index (χ4n) is 1.17. The number of hydrogen-bond acceptors (Lipinski definition) is 1. The van der Waals surface area contributed by atoms with E-state index in [2.05, 4.69) is 26.3 Å². The zero-order valence-electron chi connectivity index (χ0n) is 8.47. The average molecular weight is 186 g/mol. The third-order valence-corrected chi connectivity index (χ3v) is 2.08. The van der Waals surface area contributed by atoms with E-state index in [-0.39, 0.29) is 0 Å². The van der Waals surface area contributed by atoms with E-state index >= 15 is 0 Å². The minimum absolute atomic E-state index is 0.709. The van der Waals surface area contributed by atoms with Gasteiger partial charge in [-0.1, -0.05) is 38.5 Å². The zero-order valence-corrected chi connectivity index (χ0v) is 8.47. The number of furan rings is 1. The van der Waals surface area contributed by atoms with Crippen molar-refractivity contribution in [2.45, 2.75) is 6.92 Å². The lowest BCUT2D eigenvalue weighted by molar-refractivity contribution is 0.496.